The molecule has 1 radical (unpaired) electrons. The summed E-state index contributed by atoms with van der Waals surface area (Å²) in [6.45, 7) is 0.521. The first-order chi connectivity index (χ1) is 5.38. The lowest BCUT2D eigenvalue weighted by Crippen LogP contribution is -1.99. The number of methoxy groups -OCH3 is 1. The Hall–Kier alpha value is -1.09. The highest BCUT2D eigenvalue weighted by Gasteiger charge is 1.98. The van der Waals surface area contributed by atoms with Crippen molar-refractivity contribution < 1.29 is 4.74 Å². The van der Waals surface area contributed by atoms with Gasteiger partial charge in [-0.25, -0.2) is 0 Å². The smallest absolute Gasteiger partial charge is 0.0905 e. The van der Waals surface area contributed by atoms with Gasteiger partial charge in [-0.15, -0.1) is 0 Å². The predicted octanol–water partition coefficient (Wildman–Crippen LogP) is 1.07. The number of hydrogen-bond acceptors (Lipinski definition) is 3. The van der Waals surface area contributed by atoms with E-state index in [1.807, 2.05) is 7.05 Å². The number of nitrogens with zero attached hydrogens (tertiary/aromatic N) is 1. The fourth-order valence-corrected chi connectivity index (χ4v) is 0.858. The summed E-state index contributed by atoms with van der Waals surface area (Å²) in [5.41, 5.74) is 1.78. The molecule has 0 aliphatic rings. The van der Waals surface area contributed by atoms with Crippen molar-refractivity contribution in [3.8, 4) is 0 Å². The molecule has 1 aromatic heterocycles. The molecular weight excluding hydrogens is 140 g/mol. The molecule has 0 unspecified atom stereocenters. The molecule has 59 valence electrons. The Kier molecular flexibility index (Phi) is 2.86. The van der Waals surface area contributed by atoms with E-state index in [0.29, 0.717) is 6.61 Å². The van der Waals surface area contributed by atoms with Gasteiger partial charge in [-0.1, -0.05) is 0 Å². The topological polar surface area (TPSA) is 34.2 Å². The van der Waals surface area contributed by atoms with Crippen molar-refractivity contribution >= 4 is 5.69 Å². The summed E-state index contributed by atoms with van der Waals surface area (Å²) < 4.78 is 4.95. The Morgan fingerprint density at radius 1 is 1.73 bits per heavy atom. The molecule has 0 fully saturated rings. The first-order valence-corrected chi connectivity index (χ1v) is 3.40. The Bertz CT molecular complexity index is 225. The highest BCUT2D eigenvalue weighted by Crippen LogP contribution is 2.10. The molecule has 1 heterocycles. The Morgan fingerprint density at radius 3 is 3.18 bits per heavy atom. The number of ether oxygens (including phenoxy) is 1. The van der Waals surface area contributed by atoms with E-state index < -0.39 is 0 Å². The zero-order chi connectivity index (χ0) is 8.10. The summed E-state index contributed by atoms with van der Waals surface area (Å²) in [7, 11) is 3.49. The summed E-state index contributed by atoms with van der Waals surface area (Å²) in [5.74, 6) is 0. The van der Waals surface area contributed by atoms with Crippen molar-refractivity contribution in [2.24, 2.45) is 0 Å². The minimum Gasteiger partial charge on any atom is -0.386 e. The molecule has 0 atom stereocenters. The lowest BCUT2D eigenvalue weighted by molar-refractivity contribution is 0.182. The van der Waals surface area contributed by atoms with Crippen LogP contribution < -0.4 is 5.32 Å². The van der Waals surface area contributed by atoms with Gasteiger partial charge >= 0.3 is 0 Å². The Morgan fingerprint density at radius 2 is 2.55 bits per heavy atom. The lowest BCUT2D eigenvalue weighted by atomic mass is 10.3. The van der Waals surface area contributed by atoms with Gasteiger partial charge in [-0.05, 0) is 6.07 Å². The van der Waals surface area contributed by atoms with Crippen LogP contribution in [0.25, 0.3) is 0 Å². The average Bonchev–Trinajstić information content (AvgIpc) is 2.06. The van der Waals surface area contributed by atoms with Crippen LogP contribution in [0.15, 0.2) is 12.3 Å². The summed E-state index contributed by atoms with van der Waals surface area (Å²) in [4.78, 5) is 4.12. The predicted molar refractivity (Wildman–Crippen MR) is 43.3 cm³/mol. The highest BCUT2D eigenvalue weighted by molar-refractivity contribution is 5.45. The van der Waals surface area contributed by atoms with Crippen LogP contribution in [-0.4, -0.2) is 19.1 Å². The standard InChI is InChI=1S/C8H11N2O/c1-9-7-4-3-5-10-8(7)6-11-2/h3,5,9H,6H2,1-2H3. The van der Waals surface area contributed by atoms with E-state index >= 15 is 0 Å². The maximum atomic E-state index is 4.95. The van der Waals surface area contributed by atoms with Crippen LogP contribution in [-0.2, 0) is 11.3 Å². The maximum absolute atomic E-state index is 4.95. The van der Waals surface area contributed by atoms with Crippen molar-refractivity contribution in [1.29, 1.82) is 0 Å². The van der Waals surface area contributed by atoms with Gasteiger partial charge in [-0.2, -0.15) is 0 Å². The number of aromatic nitrogens is 1. The zero-order valence-corrected chi connectivity index (χ0v) is 6.72. The van der Waals surface area contributed by atoms with E-state index in [-0.39, 0.29) is 0 Å². The van der Waals surface area contributed by atoms with E-state index in [9.17, 15) is 0 Å². The molecule has 0 saturated carbocycles. The number of nitrogens with one attached hydrogen (secondary N) is 1. The van der Waals surface area contributed by atoms with Gasteiger partial charge in [0.25, 0.3) is 0 Å². The van der Waals surface area contributed by atoms with Gasteiger partial charge in [0, 0.05) is 26.4 Å². The van der Waals surface area contributed by atoms with E-state index in [1.54, 1.807) is 19.4 Å². The molecule has 0 aromatic carbocycles. The van der Waals surface area contributed by atoms with Crippen molar-refractivity contribution in [2.45, 2.75) is 6.61 Å². The third kappa shape index (κ3) is 1.91. The van der Waals surface area contributed by atoms with Crippen LogP contribution >= 0.6 is 0 Å². The molecular formula is C8H11N2O. The van der Waals surface area contributed by atoms with Crippen molar-refractivity contribution in [2.75, 3.05) is 19.5 Å². The van der Waals surface area contributed by atoms with Crippen LogP contribution in [0.5, 0.6) is 0 Å². The summed E-state index contributed by atoms with van der Waals surface area (Å²) >= 11 is 0. The SMILES string of the molecule is CNc1[c]ccnc1COC. The fraction of sp³-hybridized carbons (Fsp3) is 0.375. The normalized spacial score (nSPS) is 9.64. The van der Waals surface area contributed by atoms with Crippen LogP contribution in [0, 0.1) is 6.07 Å². The molecule has 3 heteroatoms. The lowest BCUT2D eigenvalue weighted by Gasteiger charge is -2.04. The van der Waals surface area contributed by atoms with E-state index in [2.05, 4.69) is 16.4 Å². The van der Waals surface area contributed by atoms with Crippen LogP contribution in [0.4, 0.5) is 5.69 Å². The molecule has 11 heavy (non-hydrogen) atoms. The molecule has 1 N–H and O–H groups in total. The third-order valence-electron chi connectivity index (χ3n) is 1.35. The molecule has 0 aliphatic carbocycles. The number of rotatable bonds is 3. The molecule has 1 rings (SSSR count). The molecule has 0 amide bonds. The van der Waals surface area contributed by atoms with Crippen LogP contribution in [0.1, 0.15) is 5.69 Å². The number of hydrogen-bond donors (Lipinski definition) is 1. The molecule has 0 aliphatic heterocycles. The first-order valence-electron chi connectivity index (χ1n) is 3.40. The van der Waals surface area contributed by atoms with Gasteiger partial charge in [0.1, 0.15) is 0 Å². The van der Waals surface area contributed by atoms with Gasteiger partial charge in [0.05, 0.1) is 18.0 Å². The van der Waals surface area contributed by atoms with Gasteiger partial charge in [-0.3, -0.25) is 4.98 Å². The van der Waals surface area contributed by atoms with Crippen molar-refractivity contribution in [1.82, 2.24) is 4.98 Å². The van der Waals surface area contributed by atoms with E-state index in [4.69, 9.17) is 4.74 Å². The summed E-state index contributed by atoms with van der Waals surface area (Å²) in [6, 6.07) is 4.79. The third-order valence-corrected chi connectivity index (χ3v) is 1.35. The van der Waals surface area contributed by atoms with Crippen LogP contribution in [0.2, 0.25) is 0 Å². The average molecular weight is 151 g/mol. The van der Waals surface area contributed by atoms with Gasteiger partial charge < -0.3 is 10.1 Å². The molecule has 3 nitrogen and oxygen atoms in total. The Balaban J connectivity index is 2.83. The van der Waals surface area contributed by atoms with E-state index in [1.165, 1.54) is 0 Å². The second-order valence-electron chi connectivity index (χ2n) is 2.09. The monoisotopic (exact) mass is 151 g/mol. The summed E-state index contributed by atoms with van der Waals surface area (Å²) in [5, 5.41) is 2.98. The quantitative estimate of drug-likeness (QED) is 0.701. The van der Waals surface area contributed by atoms with Crippen LogP contribution in [0.3, 0.4) is 0 Å². The van der Waals surface area contributed by atoms with Gasteiger partial charge in [0.15, 0.2) is 0 Å². The minimum absolute atomic E-state index is 0.521. The second kappa shape index (κ2) is 3.93. The zero-order valence-electron chi connectivity index (χ0n) is 6.72. The van der Waals surface area contributed by atoms with E-state index in [0.717, 1.165) is 11.4 Å². The molecule has 0 bridgehead atoms. The van der Waals surface area contributed by atoms with Crippen molar-refractivity contribution in [3.05, 3.63) is 24.0 Å². The highest BCUT2D eigenvalue weighted by atomic mass is 16.5. The molecule has 0 spiro atoms. The molecule has 0 saturated heterocycles. The van der Waals surface area contributed by atoms with Crippen molar-refractivity contribution in [3.63, 3.8) is 0 Å². The minimum atomic E-state index is 0.521. The number of pyridine rings is 1. The second-order valence-corrected chi connectivity index (χ2v) is 2.09. The maximum Gasteiger partial charge on any atom is 0.0905 e. The fourth-order valence-electron chi connectivity index (χ4n) is 0.858. The summed E-state index contributed by atoms with van der Waals surface area (Å²) in [6.07, 6.45) is 1.70. The first kappa shape index (κ1) is 8.01. The largest absolute Gasteiger partial charge is 0.386 e. The van der Waals surface area contributed by atoms with Gasteiger partial charge in [0.2, 0.25) is 0 Å². The molecule has 1 aromatic rings. The number of anilines is 1. The Labute approximate surface area is 66.4 Å².